The van der Waals surface area contributed by atoms with Crippen LogP contribution in [0.4, 0.5) is 0 Å². The Bertz CT molecular complexity index is 464. The molecule has 4 heteroatoms. The molecule has 17 heavy (non-hydrogen) atoms. The van der Waals surface area contributed by atoms with Gasteiger partial charge in [-0.1, -0.05) is 18.0 Å². The van der Waals surface area contributed by atoms with Gasteiger partial charge in [-0.25, -0.2) is 0 Å². The van der Waals surface area contributed by atoms with Gasteiger partial charge in [0.25, 0.3) is 0 Å². The summed E-state index contributed by atoms with van der Waals surface area (Å²) in [6, 6.07) is 1.67. The van der Waals surface area contributed by atoms with Crippen molar-refractivity contribution in [3.8, 4) is 5.75 Å². The molecule has 0 unspecified atom stereocenters. The van der Waals surface area contributed by atoms with Gasteiger partial charge in [0.15, 0.2) is 0 Å². The maximum Gasteiger partial charge on any atom is 0.314 e. The first kappa shape index (κ1) is 12.2. The van der Waals surface area contributed by atoms with Crippen LogP contribution in [-0.2, 0) is 10.2 Å². The van der Waals surface area contributed by atoms with Crippen molar-refractivity contribution in [3.63, 3.8) is 0 Å². The zero-order valence-corrected chi connectivity index (χ0v) is 10.6. The zero-order chi connectivity index (χ0) is 12.8. The van der Waals surface area contributed by atoms with E-state index in [1.807, 2.05) is 13.8 Å². The number of benzene rings is 1. The molecule has 1 fully saturated rings. The molecule has 92 valence electrons. The maximum atomic E-state index is 11.5. The third kappa shape index (κ3) is 1.61. The molecule has 0 aliphatic heterocycles. The summed E-state index contributed by atoms with van der Waals surface area (Å²) < 4.78 is 0. The lowest BCUT2D eigenvalue weighted by Gasteiger charge is -2.39. The largest absolute Gasteiger partial charge is 0.506 e. The number of hydrogen-bond acceptors (Lipinski definition) is 2. The van der Waals surface area contributed by atoms with Crippen LogP contribution in [-0.4, -0.2) is 16.2 Å². The second-order valence-electron chi connectivity index (χ2n) is 4.76. The molecule has 0 bridgehead atoms. The third-order valence-electron chi connectivity index (χ3n) is 3.87. The Labute approximate surface area is 105 Å². The predicted octanol–water partition coefficient (Wildman–Crippen LogP) is 3.17. The van der Waals surface area contributed by atoms with Crippen molar-refractivity contribution in [2.24, 2.45) is 0 Å². The highest BCUT2D eigenvalue weighted by molar-refractivity contribution is 6.32. The number of rotatable bonds is 2. The lowest BCUT2D eigenvalue weighted by atomic mass is 9.63. The number of carboxylic acid groups (broad SMARTS) is 1. The van der Waals surface area contributed by atoms with Crippen LogP contribution in [0.1, 0.15) is 36.0 Å². The molecule has 0 radical (unpaired) electrons. The van der Waals surface area contributed by atoms with Crippen LogP contribution in [0.25, 0.3) is 0 Å². The van der Waals surface area contributed by atoms with Crippen LogP contribution < -0.4 is 0 Å². The van der Waals surface area contributed by atoms with Crippen molar-refractivity contribution in [1.29, 1.82) is 0 Å². The fraction of sp³-hybridized carbons (Fsp3) is 0.462. The molecule has 0 spiro atoms. The van der Waals surface area contributed by atoms with E-state index < -0.39 is 11.4 Å². The van der Waals surface area contributed by atoms with Crippen molar-refractivity contribution in [2.75, 3.05) is 0 Å². The average Bonchev–Trinajstić information content (AvgIpc) is 2.18. The first-order valence-corrected chi connectivity index (χ1v) is 6.00. The van der Waals surface area contributed by atoms with Crippen LogP contribution in [0, 0.1) is 13.8 Å². The van der Waals surface area contributed by atoms with E-state index in [-0.39, 0.29) is 10.8 Å². The standard InChI is InChI=1S/C13H15ClO3/c1-7-6-9(14)11(15)10(8(7)2)13(12(16)17)4-3-5-13/h6,15H,3-5H2,1-2H3,(H,16,17). The lowest BCUT2D eigenvalue weighted by Crippen LogP contribution is -2.43. The summed E-state index contributed by atoms with van der Waals surface area (Å²) >= 11 is 5.94. The van der Waals surface area contributed by atoms with E-state index in [2.05, 4.69) is 0 Å². The zero-order valence-electron chi connectivity index (χ0n) is 9.88. The summed E-state index contributed by atoms with van der Waals surface area (Å²) in [5.74, 6) is -0.944. The Balaban J connectivity index is 2.70. The van der Waals surface area contributed by atoms with Gasteiger partial charge in [-0.3, -0.25) is 4.79 Å². The highest BCUT2D eigenvalue weighted by atomic mass is 35.5. The minimum atomic E-state index is -0.941. The number of aromatic hydroxyl groups is 1. The van der Waals surface area contributed by atoms with E-state index in [1.165, 1.54) is 0 Å². The monoisotopic (exact) mass is 254 g/mol. The number of phenolic OH excluding ortho intramolecular Hbond substituents is 1. The van der Waals surface area contributed by atoms with Gasteiger partial charge in [0.05, 0.1) is 10.4 Å². The fourth-order valence-corrected chi connectivity index (χ4v) is 2.81. The lowest BCUT2D eigenvalue weighted by molar-refractivity contribution is -0.147. The summed E-state index contributed by atoms with van der Waals surface area (Å²) in [4.78, 5) is 11.5. The number of carboxylic acids is 1. The van der Waals surface area contributed by atoms with Crippen LogP contribution >= 0.6 is 11.6 Å². The summed E-state index contributed by atoms with van der Waals surface area (Å²) in [6.45, 7) is 3.71. The molecule has 0 amide bonds. The van der Waals surface area contributed by atoms with E-state index in [4.69, 9.17) is 11.6 Å². The van der Waals surface area contributed by atoms with E-state index in [0.717, 1.165) is 17.5 Å². The number of phenols is 1. The van der Waals surface area contributed by atoms with Gasteiger partial charge in [0, 0.05) is 5.56 Å². The Morgan fingerprint density at radius 1 is 1.41 bits per heavy atom. The smallest absolute Gasteiger partial charge is 0.314 e. The molecule has 1 aromatic carbocycles. The van der Waals surface area contributed by atoms with Crippen molar-refractivity contribution >= 4 is 17.6 Å². The van der Waals surface area contributed by atoms with Gasteiger partial charge in [-0.05, 0) is 43.9 Å². The maximum absolute atomic E-state index is 11.5. The highest BCUT2D eigenvalue weighted by Gasteiger charge is 2.48. The molecule has 2 rings (SSSR count). The highest BCUT2D eigenvalue weighted by Crippen LogP contribution is 2.50. The molecule has 0 aromatic heterocycles. The normalized spacial score (nSPS) is 17.6. The molecular weight excluding hydrogens is 240 g/mol. The number of aliphatic carboxylic acids is 1. The number of carbonyl (C=O) groups is 1. The molecule has 2 N–H and O–H groups in total. The van der Waals surface area contributed by atoms with Crippen LogP contribution in [0.15, 0.2) is 6.07 Å². The van der Waals surface area contributed by atoms with Gasteiger partial charge in [-0.15, -0.1) is 0 Å². The van der Waals surface area contributed by atoms with Crippen LogP contribution in [0.3, 0.4) is 0 Å². The van der Waals surface area contributed by atoms with Crippen LogP contribution in [0.5, 0.6) is 5.75 Å². The van der Waals surface area contributed by atoms with Crippen molar-refractivity contribution < 1.29 is 15.0 Å². The molecule has 1 aliphatic rings. The van der Waals surface area contributed by atoms with Gasteiger partial charge in [0.2, 0.25) is 0 Å². The molecule has 1 saturated carbocycles. The van der Waals surface area contributed by atoms with Gasteiger partial charge >= 0.3 is 5.97 Å². The quantitative estimate of drug-likeness (QED) is 0.852. The van der Waals surface area contributed by atoms with Crippen LogP contribution in [0.2, 0.25) is 5.02 Å². The topological polar surface area (TPSA) is 57.5 Å². The number of aryl methyl sites for hydroxylation is 1. The third-order valence-corrected chi connectivity index (χ3v) is 4.16. The first-order valence-electron chi connectivity index (χ1n) is 5.62. The van der Waals surface area contributed by atoms with E-state index in [1.54, 1.807) is 6.07 Å². The van der Waals surface area contributed by atoms with Gasteiger partial charge < -0.3 is 10.2 Å². The molecular formula is C13H15ClO3. The number of hydrogen-bond donors (Lipinski definition) is 2. The average molecular weight is 255 g/mol. The number of halogens is 1. The molecule has 3 nitrogen and oxygen atoms in total. The van der Waals surface area contributed by atoms with Crippen molar-refractivity contribution in [3.05, 3.63) is 27.8 Å². The molecule has 0 atom stereocenters. The Kier molecular flexibility index (Phi) is 2.82. The van der Waals surface area contributed by atoms with Crippen molar-refractivity contribution in [1.82, 2.24) is 0 Å². The minimum absolute atomic E-state index is 0.0723. The molecule has 1 aromatic rings. The van der Waals surface area contributed by atoms with Gasteiger partial charge in [-0.2, -0.15) is 0 Å². The molecule has 1 aliphatic carbocycles. The summed E-state index contributed by atoms with van der Waals surface area (Å²) in [5, 5.41) is 19.7. The Morgan fingerprint density at radius 2 is 2.00 bits per heavy atom. The Morgan fingerprint density at radius 3 is 2.41 bits per heavy atom. The SMILES string of the molecule is Cc1cc(Cl)c(O)c(C2(C(=O)O)CCC2)c1C. The van der Waals surface area contributed by atoms with E-state index in [9.17, 15) is 15.0 Å². The van der Waals surface area contributed by atoms with Gasteiger partial charge in [0.1, 0.15) is 5.75 Å². The fourth-order valence-electron chi connectivity index (χ4n) is 2.55. The van der Waals surface area contributed by atoms with E-state index >= 15 is 0 Å². The summed E-state index contributed by atoms with van der Waals surface area (Å²) in [5.41, 5.74) is 1.30. The second-order valence-corrected chi connectivity index (χ2v) is 5.17. The first-order chi connectivity index (χ1) is 7.90. The summed E-state index contributed by atoms with van der Waals surface area (Å²) in [6.07, 6.45) is 2.00. The summed E-state index contributed by atoms with van der Waals surface area (Å²) in [7, 11) is 0. The molecule has 0 saturated heterocycles. The Hall–Kier alpha value is -1.22. The minimum Gasteiger partial charge on any atom is -0.506 e. The second kappa shape index (κ2) is 3.91. The van der Waals surface area contributed by atoms with Crippen molar-refractivity contribution in [2.45, 2.75) is 38.5 Å². The van der Waals surface area contributed by atoms with E-state index in [0.29, 0.717) is 18.4 Å². The predicted molar refractivity (Wildman–Crippen MR) is 65.8 cm³/mol. The molecule has 0 heterocycles.